The molecule has 0 spiro atoms. The van der Waals surface area contributed by atoms with Crippen LogP contribution in [0.25, 0.3) is 0 Å². The third-order valence-electron chi connectivity index (χ3n) is 4.92. The molecule has 7 nitrogen and oxygen atoms in total. The minimum atomic E-state index is 0.204. The van der Waals surface area contributed by atoms with Crippen molar-refractivity contribution < 1.29 is 4.79 Å². The zero-order valence-electron chi connectivity index (χ0n) is 14.8. The molecule has 130 valence electrons. The van der Waals surface area contributed by atoms with E-state index < -0.39 is 0 Å². The number of hydrogen-bond acceptors (Lipinski definition) is 4. The van der Waals surface area contributed by atoms with Crippen LogP contribution < -0.4 is 0 Å². The van der Waals surface area contributed by atoms with Gasteiger partial charge in [-0.05, 0) is 25.7 Å². The molecule has 0 unspecified atom stereocenters. The van der Waals surface area contributed by atoms with E-state index >= 15 is 0 Å². The summed E-state index contributed by atoms with van der Waals surface area (Å²) in [6, 6.07) is 0.214. The maximum atomic E-state index is 12.9. The summed E-state index contributed by atoms with van der Waals surface area (Å²) < 4.78 is 3.74. The van der Waals surface area contributed by atoms with Crippen LogP contribution in [0.1, 0.15) is 43.6 Å². The lowest BCUT2D eigenvalue weighted by Gasteiger charge is -2.24. The summed E-state index contributed by atoms with van der Waals surface area (Å²) in [5.74, 6) is 0.204. The topological polar surface area (TPSA) is 68.8 Å². The zero-order valence-corrected chi connectivity index (χ0v) is 14.8. The van der Waals surface area contributed by atoms with Crippen molar-refractivity contribution in [2.45, 2.75) is 58.5 Å². The van der Waals surface area contributed by atoms with Gasteiger partial charge in [0.05, 0.1) is 30.9 Å². The van der Waals surface area contributed by atoms with Crippen LogP contribution in [0.3, 0.4) is 0 Å². The first kappa shape index (κ1) is 16.7. The molecule has 1 aliphatic heterocycles. The molecule has 1 fully saturated rings. The molecule has 0 saturated carbocycles. The largest absolute Gasteiger partial charge is 0.338 e. The molecule has 1 atom stereocenters. The summed E-state index contributed by atoms with van der Waals surface area (Å²) in [4.78, 5) is 15.0. The number of amides is 1. The van der Waals surface area contributed by atoms with Crippen molar-refractivity contribution in [1.82, 2.24) is 29.7 Å². The van der Waals surface area contributed by atoms with Gasteiger partial charge in [-0.1, -0.05) is 19.1 Å². The number of aryl methyl sites for hydroxylation is 2. The highest BCUT2D eigenvalue weighted by Gasteiger charge is 2.30. The summed E-state index contributed by atoms with van der Waals surface area (Å²) in [7, 11) is 1.97. The quantitative estimate of drug-likeness (QED) is 0.802. The number of nitrogens with zero attached hydrogens (tertiary/aromatic N) is 6. The van der Waals surface area contributed by atoms with E-state index in [0.717, 1.165) is 50.0 Å². The van der Waals surface area contributed by atoms with Gasteiger partial charge in [-0.3, -0.25) is 14.2 Å². The van der Waals surface area contributed by atoms with Crippen molar-refractivity contribution in [3.8, 4) is 0 Å². The summed E-state index contributed by atoms with van der Waals surface area (Å²) in [6.07, 6.45) is 7.82. The smallest absolute Gasteiger partial charge is 0.227 e. The first-order valence-corrected chi connectivity index (χ1v) is 8.81. The van der Waals surface area contributed by atoms with Gasteiger partial charge in [-0.25, -0.2) is 0 Å². The minimum Gasteiger partial charge on any atom is -0.338 e. The SMILES string of the molecule is CCc1nn(C)c(CC)c1CC(=O)N1CCC[C@H]1Cn1ccnn1. The predicted octanol–water partition coefficient (Wildman–Crippen LogP) is 1.37. The van der Waals surface area contributed by atoms with Crippen LogP contribution in [-0.4, -0.2) is 48.2 Å². The lowest BCUT2D eigenvalue weighted by Crippen LogP contribution is -2.39. The van der Waals surface area contributed by atoms with Crippen LogP contribution in [0, 0.1) is 0 Å². The molecule has 3 rings (SSSR count). The van der Waals surface area contributed by atoms with E-state index in [1.807, 2.05) is 27.5 Å². The Kier molecular flexibility index (Phi) is 4.97. The summed E-state index contributed by atoms with van der Waals surface area (Å²) in [6.45, 7) is 5.77. The van der Waals surface area contributed by atoms with Crippen molar-refractivity contribution in [3.05, 3.63) is 29.3 Å². The van der Waals surface area contributed by atoms with E-state index in [2.05, 4.69) is 29.3 Å². The second kappa shape index (κ2) is 7.15. The molecule has 0 radical (unpaired) electrons. The summed E-state index contributed by atoms with van der Waals surface area (Å²) in [5, 5.41) is 12.5. The molecule has 3 heterocycles. The Labute approximate surface area is 142 Å². The molecule has 24 heavy (non-hydrogen) atoms. The maximum Gasteiger partial charge on any atom is 0.227 e. The molecule has 7 heteroatoms. The second-order valence-corrected chi connectivity index (χ2v) is 6.39. The fourth-order valence-electron chi connectivity index (χ4n) is 3.75. The van der Waals surface area contributed by atoms with Crippen molar-refractivity contribution in [3.63, 3.8) is 0 Å². The van der Waals surface area contributed by atoms with Gasteiger partial charge < -0.3 is 4.90 Å². The second-order valence-electron chi connectivity index (χ2n) is 6.39. The van der Waals surface area contributed by atoms with E-state index in [0.29, 0.717) is 6.42 Å². The van der Waals surface area contributed by atoms with Gasteiger partial charge in [0.25, 0.3) is 0 Å². The molecule has 0 bridgehead atoms. The monoisotopic (exact) mass is 330 g/mol. The average molecular weight is 330 g/mol. The van der Waals surface area contributed by atoms with Crippen molar-refractivity contribution in [1.29, 1.82) is 0 Å². The van der Waals surface area contributed by atoms with Gasteiger partial charge in [0, 0.05) is 31.0 Å². The van der Waals surface area contributed by atoms with Crippen LogP contribution in [0.4, 0.5) is 0 Å². The maximum absolute atomic E-state index is 12.9. The average Bonchev–Trinajstić information content (AvgIpc) is 3.29. The van der Waals surface area contributed by atoms with Crippen LogP contribution in [0.5, 0.6) is 0 Å². The van der Waals surface area contributed by atoms with Gasteiger partial charge in [0.1, 0.15) is 0 Å². The number of carbonyl (C=O) groups excluding carboxylic acids is 1. The molecular formula is C17H26N6O. The Morgan fingerprint density at radius 2 is 2.17 bits per heavy atom. The Morgan fingerprint density at radius 3 is 2.83 bits per heavy atom. The molecular weight excluding hydrogens is 304 g/mol. The van der Waals surface area contributed by atoms with Gasteiger partial charge >= 0.3 is 0 Å². The first-order chi connectivity index (χ1) is 11.6. The van der Waals surface area contributed by atoms with Gasteiger partial charge in [-0.15, -0.1) is 5.10 Å². The van der Waals surface area contributed by atoms with Crippen molar-refractivity contribution in [2.75, 3.05) is 6.54 Å². The van der Waals surface area contributed by atoms with Crippen molar-refractivity contribution >= 4 is 5.91 Å². The number of rotatable bonds is 6. The number of hydrogen-bond donors (Lipinski definition) is 0. The molecule has 2 aromatic heterocycles. The number of carbonyl (C=O) groups is 1. The zero-order chi connectivity index (χ0) is 17.1. The molecule has 0 aromatic carbocycles. The lowest BCUT2D eigenvalue weighted by molar-refractivity contribution is -0.131. The molecule has 1 saturated heterocycles. The highest BCUT2D eigenvalue weighted by molar-refractivity contribution is 5.80. The van der Waals surface area contributed by atoms with Crippen molar-refractivity contribution in [2.24, 2.45) is 7.05 Å². The van der Waals surface area contributed by atoms with Crippen LogP contribution >= 0.6 is 0 Å². The summed E-state index contributed by atoms with van der Waals surface area (Å²) >= 11 is 0. The van der Waals surface area contributed by atoms with E-state index in [9.17, 15) is 4.79 Å². The molecule has 0 aliphatic carbocycles. The predicted molar refractivity (Wildman–Crippen MR) is 90.4 cm³/mol. The Balaban J connectivity index is 1.74. The molecule has 1 aliphatic rings. The van der Waals surface area contributed by atoms with E-state index in [1.54, 1.807) is 6.20 Å². The van der Waals surface area contributed by atoms with Crippen LogP contribution in [0.15, 0.2) is 12.4 Å². The fraction of sp³-hybridized carbons (Fsp3) is 0.647. The normalized spacial score (nSPS) is 17.6. The third-order valence-corrected chi connectivity index (χ3v) is 4.92. The number of likely N-dealkylation sites (tertiary alicyclic amines) is 1. The van der Waals surface area contributed by atoms with E-state index in [4.69, 9.17) is 0 Å². The molecule has 2 aromatic rings. The fourth-order valence-corrected chi connectivity index (χ4v) is 3.75. The lowest BCUT2D eigenvalue weighted by atomic mass is 10.0. The first-order valence-electron chi connectivity index (χ1n) is 8.81. The van der Waals surface area contributed by atoms with Gasteiger partial charge in [-0.2, -0.15) is 5.10 Å². The number of aromatic nitrogens is 5. The third kappa shape index (κ3) is 3.20. The molecule has 1 amide bonds. The summed E-state index contributed by atoms with van der Waals surface area (Å²) in [5.41, 5.74) is 3.35. The molecule has 0 N–H and O–H groups in total. The Bertz CT molecular complexity index is 690. The standard InChI is InChI=1S/C17H26N6O/c1-4-15-14(16(5-2)21(3)19-15)11-17(24)23-9-6-7-13(23)12-22-10-8-18-20-22/h8,10,13H,4-7,9,11-12H2,1-3H3/t13-/m0/s1. The van der Waals surface area contributed by atoms with Crippen LogP contribution in [-0.2, 0) is 37.6 Å². The Morgan fingerprint density at radius 1 is 1.33 bits per heavy atom. The van der Waals surface area contributed by atoms with E-state index in [1.165, 1.54) is 5.69 Å². The highest BCUT2D eigenvalue weighted by Crippen LogP contribution is 2.22. The van der Waals surface area contributed by atoms with Crippen LogP contribution in [0.2, 0.25) is 0 Å². The van der Waals surface area contributed by atoms with E-state index in [-0.39, 0.29) is 11.9 Å². The van der Waals surface area contributed by atoms with Gasteiger partial charge in [0.2, 0.25) is 5.91 Å². The van der Waals surface area contributed by atoms with Gasteiger partial charge in [0.15, 0.2) is 0 Å². The Hall–Kier alpha value is -2.18. The minimum absolute atomic E-state index is 0.204. The highest BCUT2D eigenvalue weighted by atomic mass is 16.2.